The third-order valence-corrected chi connectivity index (χ3v) is 15.7. The van der Waals surface area contributed by atoms with Gasteiger partial charge in [-0.15, -0.1) is 0 Å². The van der Waals surface area contributed by atoms with Crippen LogP contribution >= 0.6 is 0 Å². The number of cyclic esters (lactones) is 1. The van der Waals surface area contributed by atoms with E-state index in [0.29, 0.717) is 69.8 Å². The van der Waals surface area contributed by atoms with Gasteiger partial charge in [0.15, 0.2) is 12.1 Å². The summed E-state index contributed by atoms with van der Waals surface area (Å²) in [6, 6.07) is -1.18. The Hall–Kier alpha value is -4.14. The van der Waals surface area contributed by atoms with E-state index in [0.717, 1.165) is 5.57 Å². The maximum atomic E-state index is 14.6. The van der Waals surface area contributed by atoms with E-state index >= 15 is 0 Å². The van der Waals surface area contributed by atoms with Crippen molar-refractivity contribution in [2.75, 3.05) is 48.6 Å². The second kappa shape index (κ2) is 30.0. The molecule has 15 atom stereocenters. The standard InChI is InChI=1S/C56H88N2O16/c1-33-18-14-13-15-19-34(2)45(67-8)30-41-23-21-39(7)56(66,74-41)52(62)53(63)58-25-17-16-20-42(58)54(64)72-46(31-43(59)35(3)27-38(6)50(61)51(71-12)49(60)37(5)26-33)36(4)28-40-22-24-44(47(29-40)68-9)73-55(65)57-32-48(69-10)70-11/h13-15,18-19,27,33,35-37,39-42,44-48,50-51,61,66H,16-17,20-26,28-32H2,1-12H3,(H,57,65)/b15-13+,18-14-,34-19+,38-27+/t33?,35?,36?,37-,39-,40?,41?,42+,44-,45?,46?,47?,50-,51?,56-/m1/s1. The van der Waals surface area contributed by atoms with Gasteiger partial charge in [0.1, 0.15) is 36.2 Å². The number of methoxy groups -OCH3 is 5. The number of ether oxygens (including phenoxy) is 8. The van der Waals surface area contributed by atoms with Crippen LogP contribution in [0.25, 0.3) is 0 Å². The van der Waals surface area contributed by atoms with Crippen LogP contribution in [-0.4, -0.2) is 160 Å². The van der Waals surface area contributed by atoms with Crippen LogP contribution in [0, 0.1) is 35.5 Å². The van der Waals surface area contributed by atoms with Crippen molar-refractivity contribution in [2.24, 2.45) is 35.5 Å². The number of hydrogen-bond acceptors (Lipinski definition) is 16. The zero-order valence-electron chi connectivity index (χ0n) is 46.1. The minimum absolute atomic E-state index is 0.0000935. The van der Waals surface area contributed by atoms with Crippen LogP contribution in [0.4, 0.5) is 4.79 Å². The number of rotatable bonds is 11. The molecule has 0 aromatic rings. The summed E-state index contributed by atoms with van der Waals surface area (Å²) < 4.78 is 45.8. The molecule has 418 valence electrons. The first kappa shape index (κ1) is 62.4. The molecule has 2 saturated heterocycles. The van der Waals surface area contributed by atoms with Crippen LogP contribution in [0.5, 0.6) is 0 Å². The lowest BCUT2D eigenvalue weighted by molar-refractivity contribution is -0.265. The summed E-state index contributed by atoms with van der Waals surface area (Å²) >= 11 is 0. The number of allylic oxidation sites excluding steroid dienone is 6. The molecule has 2 bridgehead atoms. The molecule has 0 aromatic carbocycles. The predicted octanol–water partition coefficient (Wildman–Crippen LogP) is 6.53. The van der Waals surface area contributed by atoms with Crippen molar-refractivity contribution in [1.29, 1.82) is 0 Å². The fourth-order valence-corrected chi connectivity index (χ4v) is 10.8. The van der Waals surface area contributed by atoms with E-state index in [-0.39, 0.29) is 49.3 Å². The first-order chi connectivity index (χ1) is 35.1. The summed E-state index contributed by atoms with van der Waals surface area (Å²) in [5.41, 5.74) is 1.23. The number of nitrogens with zero attached hydrogens (tertiary/aromatic N) is 1. The van der Waals surface area contributed by atoms with E-state index < -0.39 is 108 Å². The molecule has 18 heteroatoms. The molecule has 4 aliphatic rings. The van der Waals surface area contributed by atoms with Crippen LogP contribution in [0.15, 0.2) is 47.6 Å². The van der Waals surface area contributed by atoms with Crippen molar-refractivity contribution in [1.82, 2.24) is 10.2 Å². The Morgan fingerprint density at radius 1 is 0.851 bits per heavy atom. The number of fused-ring (bicyclic) bond motifs is 3. The molecule has 74 heavy (non-hydrogen) atoms. The molecule has 0 spiro atoms. The highest BCUT2D eigenvalue weighted by Crippen LogP contribution is 2.38. The lowest BCUT2D eigenvalue weighted by Crippen LogP contribution is -2.61. The van der Waals surface area contributed by atoms with E-state index in [4.69, 9.17) is 37.9 Å². The Bertz CT molecular complexity index is 2000. The predicted molar refractivity (Wildman–Crippen MR) is 275 cm³/mol. The molecule has 4 rings (SSSR count). The molecule has 0 radical (unpaired) electrons. The molecule has 0 aromatic heterocycles. The van der Waals surface area contributed by atoms with Crippen LogP contribution in [0.3, 0.4) is 0 Å². The van der Waals surface area contributed by atoms with Crippen molar-refractivity contribution in [3.63, 3.8) is 0 Å². The molecular formula is C56H88N2O16. The van der Waals surface area contributed by atoms with Gasteiger partial charge in [0.05, 0.1) is 24.9 Å². The smallest absolute Gasteiger partial charge is 0.407 e. The quantitative estimate of drug-likeness (QED) is 0.0864. The summed E-state index contributed by atoms with van der Waals surface area (Å²) in [6.45, 7) is 12.7. The van der Waals surface area contributed by atoms with Gasteiger partial charge in [0, 0.05) is 72.7 Å². The molecule has 1 saturated carbocycles. The zero-order valence-corrected chi connectivity index (χ0v) is 46.1. The Morgan fingerprint density at radius 2 is 1.57 bits per heavy atom. The molecular weight excluding hydrogens is 957 g/mol. The lowest BCUT2D eigenvalue weighted by atomic mass is 9.78. The largest absolute Gasteiger partial charge is 0.460 e. The van der Waals surface area contributed by atoms with Gasteiger partial charge in [-0.2, -0.15) is 0 Å². The van der Waals surface area contributed by atoms with Crippen molar-refractivity contribution in [3.8, 4) is 0 Å². The average molecular weight is 1050 g/mol. The van der Waals surface area contributed by atoms with Gasteiger partial charge >= 0.3 is 12.1 Å². The van der Waals surface area contributed by atoms with Crippen LogP contribution in [-0.2, 0) is 61.9 Å². The molecule has 1 aliphatic carbocycles. The lowest BCUT2D eigenvalue weighted by Gasteiger charge is -2.42. The average Bonchev–Trinajstić information content (AvgIpc) is 3.38. The molecule has 3 fully saturated rings. The van der Waals surface area contributed by atoms with E-state index in [1.54, 1.807) is 48.0 Å². The highest BCUT2D eigenvalue weighted by molar-refractivity contribution is 6.39. The van der Waals surface area contributed by atoms with E-state index in [9.17, 15) is 39.0 Å². The Balaban J connectivity index is 1.67. The third-order valence-electron chi connectivity index (χ3n) is 15.7. The summed E-state index contributed by atoms with van der Waals surface area (Å²) in [6.07, 6.45) is 9.10. The summed E-state index contributed by atoms with van der Waals surface area (Å²) in [4.78, 5) is 85.2. The number of Topliss-reactive ketones (excluding diaryl/α,β-unsaturated/α-hetero) is 3. The van der Waals surface area contributed by atoms with Crippen LogP contribution in [0.2, 0.25) is 0 Å². The number of amides is 2. The van der Waals surface area contributed by atoms with Gasteiger partial charge in [0.2, 0.25) is 5.79 Å². The molecule has 18 nitrogen and oxygen atoms in total. The molecule has 9 unspecified atom stereocenters. The second-order valence-electron chi connectivity index (χ2n) is 21.2. The van der Waals surface area contributed by atoms with Crippen molar-refractivity contribution < 1.29 is 76.9 Å². The monoisotopic (exact) mass is 1040 g/mol. The van der Waals surface area contributed by atoms with Gasteiger partial charge in [0.25, 0.3) is 11.7 Å². The van der Waals surface area contributed by atoms with Gasteiger partial charge in [-0.3, -0.25) is 19.2 Å². The van der Waals surface area contributed by atoms with E-state index in [1.165, 1.54) is 26.2 Å². The van der Waals surface area contributed by atoms with Crippen molar-refractivity contribution in [2.45, 2.75) is 186 Å². The normalized spacial score (nSPS) is 36.9. The minimum Gasteiger partial charge on any atom is -0.460 e. The summed E-state index contributed by atoms with van der Waals surface area (Å²) in [7, 11) is 7.41. The number of esters is 1. The maximum absolute atomic E-state index is 14.6. The SMILES string of the molecule is COC(CNC(=O)O[C@@H]1CCC(CC(C)C2CC(=O)C(C)/C=C(\C)[C@@H](O)C(OC)C(=O)[C@H](C)CC(C)\C=C/C=C/C=C(\C)C(OC)CC3CC[C@@H](C)[C@@](O)(O3)C(=O)C(=O)N3CCCC[C@H]3C(=O)O2)CC1OC)OC. The first-order valence-corrected chi connectivity index (χ1v) is 26.6. The molecule has 3 heterocycles. The number of alkyl carbamates (subject to hydrolysis) is 1. The first-order valence-electron chi connectivity index (χ1n) is 26.6. The number of carbonyl (C=O) groups excluding carboxylic acids is 6. The fraction of sp³-hybridized carbons (Fsp3) is 0.750. The number of nitrogens with one attached hydrogen (secondary N) is 1. The van der Waals surface area contributed by atoms with Crippen molar-refractivity contribution >= 4 is 35.3 Å². The van der Waals surface area contributed by atoms with Crippen LogP contribution in [0.1, 0.15) is 126 Å². The molecule has 2 amide bonds. The summed E-state index contributed by atoms with van der Waals surface area (Å²) in [5.74, 6) is -8.42. The number of aliphatic hydroxyl groups is 2. The van der Waals surface area contributed by atoms with Crippen LogP contribution < -0.4 is 5.32 Å². The number of carbonyl (C=O) groups is 6. The second-order valence-corrected chi connectivity index (χ2v) is 21.2. The number of aliphatic hydroxyl groups excluding tert-OH is 1. The molecule has 3 N–H and O–H groups in total. The van der Waals surface area contributed by atoms with E-state index in [1.807, 2.05) is 51.2 Å². The number of piperidine rings is 1. The Kier molecular flexibility index (Phi) is 25.3. The van der Waals surface area contributed by atoms with Gasteiger partial charge in [-0.25, -0.2) is 9.59 Å². The van der Waals surface area contributed by atoms with Gasteiger partial charge in [-0.1, -0.05) is 71.1 Å². The van der Waals surface area contributed by atoms with E-state index in [2.05, 4.69) is 5.32 Å². The van der Waals surface area contributed by atoms with Gasteiger partial charge < -0.3 is 58.3 Å². The maximum Gasteiger partial charge on any atom is 0.407 e. The third kappa shape index (κ3) is 17.2. The highest BCUT2D eigenvalue weighted by Gasteiger charge is 2.53. The van der Waals surface area contributed by atoms with Gasteiger partial charge in [-0.05, 0) is 107 Å². The zero-order chi connectivity index (χ0) is 54.9. The number of ketones is 3. The Labute approximate surface area is 439 Å². The minimum atomic E-state index is -2.46. The fourth-order valence-electron chi connectivity index (χ4n) is 10.8. The molecule has 3 aliphatic heterocycles. The topological polar surface area (TPSA) is 232 Å². The highest BCUT2D eigenvalue weighted by atomic mass is 16.7. The number of hydrogen-bond donors (Lipinski definition) is 3. The summed E-state index contributed by atoms with van der Waals surface area (Å²) in [5, 5.41) is 26.2. The van der Waals surface area contributed by atoms with Crippen molar-refractivity contribution in [3.05, 3.63) is 47.6 Å². The Morgan fingerprint density at radius 3 is 2.23 bits per heavy atom.